The molecule has 4 nitrogen and oxygen atoms in total. The van der Waals surface area contributed by atoms with Gasteiger partial charge in [-0.1, -0.05) is 0 Å². The SMILES string of the molecule is C[C@H](CCO)NCc1cc(C(N)=O)cs1. The lowest BCUT2D eigenvalue weighted by Crippen LogP contribution is -2.25. The molecule has 0 fully saturated rings. The van der Waals surface area contributed by atoms with E-state index >= 15 is 0 Å². The highest BCUT2D eigenvalue weighted by atomic mass is 32.1. The summed E-state index contributed by atoms with van der Waals surface area (Å²) >= 11 is 1.51. The summed E-state index contributed by atoms with van der Waals surface area (Å²) in [6.07, 6.45) is 0.730. The predicted octanol–water partition coefficient (Wildman–Crippen LogP) is 0.707. The van der Waals surface area contributed by atoms with Gasteiger partial charge >= 0.3 is 0 Å². The topological polar surface area (TPSA) is 75.3 Å². The summed E-state index contributed by atoms with van der Waals surface area (Å²) in [4.78, 5) is 11.9. The van der Waals surface area contributed by atoms with Crippen LogP contribution in [0, 0.1) is 0 Å². The molecule has 1 atom stereocenters. The molecule has 84 valence electrons. The first-order valence-corrected chi connectivity index (χ1v) is 5.73. The second-order valence-electron chi connectivity index (χ2n) is 3.46. The molecule has 0 aliphatic rings. The van der Waals surface area contributed by atoms with Gasteiger partial charge in [-0.25, -0.2) is 0 Å². The van der Waals surface area contributed by atoms with Crippen molar-refractivity contribution in [2.24, 2.45) is 5.73 Å². The van der Waals surface area contributed by atoms with Gasteiger partial charge in [-0.2, -0.15) is 0 Å². The summed E-state index contributed by atoms with van der Waals surface area (Å²) in [5.74, 6) is -0.388. The molecule has 5 heteroatoms. The van der Waals surface area contributed by atoms with Crippen molar-refractivity contribution >= 4 is 17.2 Å². The van der Waals surface area contributed by atoms with E-state index in [9.17, 15) is 4.79 Å². The smallest absolute Gasteiger partial charge is 0.249 e. The maximum atomic E-state index is 10.8. The van der Waals surface area contributed by atoms with Crippen LogP contribution in [-0.4, -0.2) is 23.7 Å². The number of hydrogen-bond donors (Lipinski definition) is 3. The van der Waals surface area contributed by atoms with Crippen LogP contribution in [0.1, 0.15) is 28.6 Å². The molecule has 1 aromatic heterocycles. The Morgan fingerprint density at radius 1 is 1.73 bits per heavy atom. The van der Waals surface area contributed by atoms with Gasteiger partial charge in [0.2, 0.25) is 5.91 Å². The van der Waals surface area contributed by atoms with E-state index in [0.717, 1.165) is 11.3 Å². The molecule has 15 heavy (non-hydrogen) atoms. The number of carbonyl (C=O) groups is 1. The third-order valence-electron chi connectivity index (χ3n) is 2.13. The Morgan fingerprint density at radius 2 is 2.47 bits per heavy atom. The van der Waals surface area contributed by atoms with Crippen molar-refractivity contribution in [3.8, 4) is 0 Å². The average molecular weight is 228 g/mol. The molecule has 0 radical (unpaired) electrons. The molecule has 0 unspecified atom stereocenters. The monoisotopic (exact) mass is 228 g/mol. The number of primary amides is 1. The zero-order valence-electron chi connectivity index (χ0n) is 8.69. The number of aliphatic hydroxyl groups excluding tert-OH is 1. The first-order chi connectivity index (χ1) is 7.13. The Kier molecular flexibility index (Phi) is 4.74. The van der Waals surface area contributed by atoms with Gasteiger partial charge in [0.25, 0.3) is 0 Å². The van der Waals surface area contributed by atoms with Gasteiger partial charge in [0.05, 0.1) is 5.56 Å². The van der Waals surface area contributed by atoms with E-state index in [1.807, 2.05) is 6.92 Å². The minimum atomic E-state index is -0.388. The predicted molar refractivity (Wildman–Crippen MR) is 60.8 cm³/mol. The number of aliphatic hydroxyl groups is 1. The van der Waals surface area contributed by atoms with E-state index < -0.39 is 0 Å². The Hall–Kier alpha value is -0.910. The van der Waals surface area contributed by atoms with E-state index in [1.54, 1.807) is 11.4 Å². The fourth-order valence-electron chi connectivity index (χ4n) is 1.17. The van der Waals surface area contributed by atoms with Gasteiger partial charge in [0, 0.05) is 29.5 Å². The molecule has 1 rings (SSSR count). The van der Waals surface area contributed by atoms with Crippen LogP contribution >= 0.6 is 11.3 Å². The van der Waals surface area contributed by atoms with Crippen molar-refractivity contribution in [2.75, 3.05) is 6.61 Å². The number of rotatable bonds is 6. The highest BCUT2D eigenvalue weighted by Crippen LogP contribution is 2.14. The highest BCUT2D eigenvalue weighted by Gasteiger charge is 2.05. The number of hydrogen-bond acceptors (Lipinski definition) is 4. The van der Waals surface area contributed by atoms with E-state index in [2.05, 4.69) is 5.32 Å². The molecule has 1 heterocycles. The Morgan fingerprint density at radius 3 is 3.00 bits per heavy atom. The van der Waals surface area contributed by atoms with Crippen LogP contribution in [-0.2, 0) is 6.54 Å². The third-order valence-corrected chi connectivity index (χ3v) is 3.06. The molecule has 0 aliphatic carbocycles. The van der Waals surface area contributed by atoms with Crippen LogP contribution in [0.5, 0.6) is 0 Å². The van der Waals surface area contributed by atoms with Crippen LogP contribution in [0.4, 0.5) is 0 Å². The van der Waals surface area contributed by atoms with Crippen molar-refractivity contribution in [3.05, 3.63) is 21.9 Å². The first-order valence-electron chi connectivity index (χ1n) is 4.85. The molecule has 0 saturated carbocycles. The minimum Gasteiger partial charge on any atom is -0.396 e. The quantitative estimate of drug-likeness (QED) is 0.671. The van der Waals surface area contributed by atoms with Gasteiger partial charge in [-0.05, 0) is 19.4 Å². The summed E-state index contributed by atoms with van der Waals surface area (Å²) in [5.41, 5.74) is 5.71. The molecule has 1 aromatic rings. The van der Waals surface area contributed by atoms with Gasteiger partial charge in [-0.3, -0.25) is 4.79 Å². The number of nitrogens with two attached hydrogens (primary N) is 1. The van der Waals surface area contributed by atoms with Crippen LogP contribution in [0.2, 0.25) is 0 Å². The molecule has 0 saturated heterocycles. The van der Waals surface area contributed by atoms with Gasteiger partial charge in [0.15, 0.2) is 0 Å². The average Bonchev–Trinajstić information content (AvgIpc) is 2.63. The molecule has 1 amide bonds. The van der Waals surface area contributed by atoms with Crippen LogP contribution < -0.4 is 11.1 Å². The standard InChI is InChI=1S/C10H16N2O2S/c1-7(2-3-13)12-5-9-4-8(6-15-9)10(11)14/h4,6-7,12-13H,2-3,5H2,1H3,(H2,11,14)/t7-/m1/s1. The number of thiophene rings is 1. The van der Waals surface area contributed by atoms with Crippen LogP contribution in [0.15, 0.2) is 11.4 Å². The summed E-state index contributed by atoms with van der Waals surface area (Å²) in [6, 6.07) is 2.07. The fourth-order valence-corrected chi connectivity index (χ4v) is 2.00. The summed E-state index contributed by atoms with van der Waals surface area (Å²) in [6.45, 7) is 2.91. The lowest BCUT2D eigenvalue weighted by molar-refractivity contribution is 0.100. The molecule has 0 bridgehead atoms. The Balaban J connectivity index is 2.40. The minimum absolute atomic E-state index is 0.186. The van der Waals surface area contributed by atoms with Gasteiger partial charge in [-0.15, -0.1) is 11.3 Å². The maximum absolute atomic E-state index is 10.8. The van der Waals surface area contributed by atoms with Gasteiger partial charge in [0.1, 0.15) is 0 Å². The maximum Gasteiger partial charge on any atom is 0.249 e. The van der Waals surface area contributed by atoms with Crippen molar-refractivity contribution in [3.63, 3.8) is 0 Å². The van der Waals surface area contributed by atoms with Crippen molar-refractivity contribution in [1.82, 2.24) is 5.32 Å². The highest BCUT2D eigenvalue weighted by molar-refractivity contribution is 7.10. The summed E-state index contributed by atoms with van der Waals surface area (Å²) in [7, 11) is 0. The molecular formula is C10H16N2O2S. The van der Waals surface area contributed by atoms with Crippen molar-refractivity contribution in [2.45, 2.75) is 25.9 Å². The largest absolute Gasteiger partial charge is 0.396 e. The zero-order valence-corrected chi connectivity index (χ0v) is 9.51. The summed E-state index contributed by atoms with van der Waals surface area (Å²) < 4.78 is 0. The van der Waals surface area contributed by atoms with Gasteiger partial charge < -0.3 is 16.2 Å². The Labute approximate surface area is 93.1 Å². The Bertz CT molecular complexity index is 325. The van der Waals surface area contributed by atoms with Crippen LogP contribution in [0.3, 0.4) is 0 Å². The lowest BCUT2D eigenvalue weighted by Gasteiger charge is -2.10. The van der Waals surface area contributed by atoms with E-state index in [0.29, 0.717) is 12.1 Å². The lowest BCUT2D eigenvalue weighted by atomic mass is 10.2. The second kappa shape index (κ2) is 5.85. The van der Waals surface area contributed by atoms with Crippen molar-refractivity contribution < 1.29 is 9.90 Å². The molecule has 4 N–H and O–H groups in total. The molecule has 0 aliphatic heterocycles. The van der Waals surface area contributed by atoms with E-state index in [4.69, 9.17) is 10.8 Å². The van der Waals surface area contributed by atoms with Crippen LogP contribution in [0.25, 0.3) is 0 Å². The second-order valence-corrected chi connectivity index (χ2v) is 4.46. The number of amides is 1. The summed E-state index contributed by atoms with van der Waals surface area (Å²) in [5, 5.41) is 13.7. The number of nitrogens with one attached hydrogen (secondary N) is 1. The molecule has 0 aromatic carbocycles. The van der Waals surface area contributed by atoms with E-state index in [1.165, 1.54) is 11.3 Å². The first kappa shape index (κ1) is 12.2. The number of carbonyl (C=O) groups excluding carboxylic acids is 1. The van der Waals surface area contributed by atoms with Crippen molar-refractivity contribution in [1.29, 1.82) is 0 Å². The normalized spacial score (nSPS) is 12.7. The fraction of sp³-hybridized carbons (Fsp3) is 0.500. The van der Waals surface area contributed by atoms with E-state index in [-0.39, 0.29) is 18.6 Å². The third kappa shape index (κ3) is 3.99. The molecule has 0 spiro atoms. The zero-order chi connectivity index (χ0) is 11.3. The molecular weight excluding hydrogens is 212 g/mol.